The summed E-state index contributed by atoms with van der Waals surface area (Å²) in [5.41, 5.74) is 0.717. The molecular weight excluding hydrogens is 250 g/mol. The van der Waals surface area contributed by atoms with E-state index in [0.717, 1.165) is 43.7 Å². The van der Waals surface area contributed by atoms with Crippen LogP contribution in [0.5, 0.6) is 0 Å². The van der Waals surface area contributed by atoms with E-state index in [1.54, 1.807) is 12.3 Å². The minimum absolute atomic E-state index is 0.0984. The smallest absolute Gasteiger partial charge is 0.257 e. The fraction of sp³-hybridized carbons (Fsp3) is 0.643. The topological polar surface area (TPSA) is 33.5 Å². The molecule has 1 amide bonds. The second kappa shape index (κ2) is 5.79. The van der Waals surface area contributed by atoms with Gasteiger partial charge in [-0.25, -0.2) is 0 Å². The number of nitrogens with zero attached hydrogens (tertiary/aromatic N) is 1. The molecule has 4 heteroatoms. The first-order valence-electron chi connectivity index (χ1n) is 6.63. The maximum Gasteiger partial charge on any atom is 0.257 e. The van der Waals surface area contributed by atoms with Gasteiger partial charge in [-0.15, -0.1) is 11.6 Å². The maximum atomic E-state index is 12.4. The molecule has 0 saturated carbocycles. The number of amides is 1. The molecule has 1 aliphatic rings. The van der Waals surface area contributed by atoms with Crippen LogP contribution < -0.4 is 0 Å². The first kappa shape index (κ1) is 13.5. The van der Waals surface area contributed by atoms with E-state index in [-0.39, 0.29) is 11.3 Å². The number of alkyl halides is 1. The fourth-order valence-corrected chi connectivity index (χ4v) is 2.79. The summed E-state index contributed by atoms with van der Waals surface area (Å²) >= 11 is 6.11. The van der Waals surface area contributed by atoms with Crippen molar-refractivity contribution in [3.8, 4) is 0 Å². The molecule has 0 bridgehead atoms. The van der Waals surface area contributed by atoms with E-state index in [0.29, 0.717) is 5.92 Å². The number of halogens is 1. The maximum absolute atomic E-state index is 12.4. The van der Waals surface area contributed by atoms with Gasteiger partial charge in [-0.1, -0.05) is 6.92 Å². The Balaban J connectivity index is 2.00. The summed E-state index contributed by atoms with van der Waals surface area (Å²) in [6.45, 7) is 5.63. The zero-order valence-electron chi connectivity index (χ0n) is 11.0. The Bertz CT molecular complexity index is 406. The van der Waals surface area contributed by atoms with Crippen LogP contribution in [0.4, 0.5) is 0 Å². The number of carbonyl (C=O) groups excluding carboxylic acids is 1. The van der Waals surface area contributed by atoms with Crippen molar-refractivity contribution in [1.29, 1.82) is 0 Å². The summed E-state index contributed by atoms with van der Waals surface area (Å²) in [6, 6.07) is 1.78. The Morgan fingerprint density at radius 1 is 1.56 bits per heavy atom. The molecule has 0 aliphatic carbocycles. The molecular formula is C14H20ClNO2. The van der Waals surface area contributed by atoms with Crippen LogP contribution in [0.1, 0.15) is 42.8 Å². The molecule has 3 nitrogen and oxygen atoms in total. The van der Waals surface area contributed by atoms with E-state index in [9.17, 15) is 4.79 Å². The summed E-state index contributed by atoms with van der Waals surface area (Å²) in [5.74, 6) is 1.42. The van der Waals surface area contributed by atoms with Crippen LogP contribution in [0.3, 0.4) is 0 Å². The highest BCUT2D eigenvalue weighted by Crippen LogP contribution is 2.25. The van der Waals surface area contributed by atoms with Crippen molar-refractivity contribution in [3.63, 3.8) is 0 Å². The Hall–Kier alpha value is -0.960. The summed E-state index contributed by atoms with van der Waals surface area (Å²) in [5, 5.41) is 0.197. The number of hydrogen-bond acceptors (Lipinski definition) is 2. The number of piperidine rings is 1. The van der Waals surface area contributed by atoms with Crippen LogP contribution in [0.15, 0.2) is 16.7 Å². The van der Waals surface area contributed by atoms with Crippen LogP contribution in [0, 0.1) is 5.92 Å². The molecule has 0 radical (unpaired) electrons. The van der Waals surface area contributed by atoms with Crippen molar-refractivity contribution >= 4 is 17.5 Å². The Morgan fingerprint density at radius 2 is 2.22 bits per heavy atom. The van der Waals surface area contributed by atoms with E-state index in [1.807, 2.05) is 18.7 Å². The molecule has 0 aromatic carbocycles. The van der Waals surface area contributed by atoms with E-state index in [2.05, 4.69) is 0 Å². The van der Waals surface area contributed by atoms with Gasteiger partial charge in [-0.3, -0.25) is 4.79 Å². The first-order chi connectivity index (χ1) is 8.63. The Labute approximate surface area is 113 Å². The highest BCUT2D eigenvalue weighted by molar-refractivity contribution is 6.20. The molecule has 1 aromatic heterocycles. The molecule has 0 N–H and O–H groups in total. The van der Waals surface area contributed by atoms with Gasteiger partial charge in [0.05, 0.1) is 11.8 Å². The van der Waals surface area contributed by atoms with Gasteiger partial charge in [0.2, 0.25) is 0 Å². The van der Waals surface area contributed by atoms with Crippen molar-refractivity contribution in [2.75, 3.05) is 13.1 Å². The van der Waals surface area contributed by atoms with E-state index >= 15 is 0 Å². The molecule has 0 spiro atoms. The summed E-state index contributed by atoms with van der Waals surface area (Å²) in [7, 11) is 0. The lowest BCUT2D eigenvalue weighted by molar-refractivity contribution is 0.0688. The Morgan fingerprint density at radius 3 is 2.78 bits per heavy atom. The van der Waals surface area contributed by atoms with E-state index in [1.165, 1.54) is 0 Å². The average Bonchev–Trinajstić information content (AvgIpc) is 2.86. The predicted octanol–water partition coefficient (Wildman–Crippen LogP) is 3.32. The standard InChI is InChI=1S/C14H20ClNO2/c1-3-13-12(6-9-18-13)14(17)16-7-4-11(5-8-16)10(2)15/h6,9-11H,3-5,7-8H2,1-2H3. The molecule has 1 aliphatic heterocycles. The minimum atomic E-state index is 0.0984. The van der Waals surface area contributed by atoms with Crippen LogP contribution in [-0.2, 0) is 6.42 Å². The van der Waals surface area contributed by atoms with Gasteiger partial charge in [0.15, 0.2) is 0 Å². The number of furan rings is 1. The number of likely N-dealkylation sites (tertiary alicyclic amines) is 1. The van der Waals surface area contributed by atoms with Crippen molar-refractivity contribution in [2.45, 2.75) is 38.5 Å². The van der Waals surface area contributed by atoms with Gasteiger partial charge >= 0.3 is 0 Å². The second-order valence-corrected chi connectivity index (χ2v) is 5.61. The zero-order chi connectivity index (χ0) is 13.1. The van der Waals surface area contributed by atoms with Crippen LogP contribution in [0.2, 0.25) is 0 Å². The molecule has 1 atom stereocenters. The van der Waals surface area contributed by atoms with E-state index < -0.39 is 0 Å². The van der Waals surface area contributed by atoms with Crippen molar-refractivity contribution in [1.82, 2.24) is 4.90 Å². The molecule has 2 rings (SSSR count). The minimum Gasteiger partial charge on any atom is -0.469 e. The highest BCUT2D eigenvalue weighted by atomic mass is 35.5. The van der Waals surface area contributed by atoms with Crippen molar-refractivity contribution in [3.05, 3.63) is 23.7 Å². The summed E-state index contributed by atoms with van der Waals surface area (Å²) < 4.78 is 5.32. The molecule has 2 heterocycles. The molecule has 1 saturated heterocycles. The summed E-state index contributed by atoms with van der Waals surface area (Å²) in [6.07, 6.45) is 4.34. The van der Waals surface area contributed by atoms with Crippen LogP contribution in [0.25, 0.3) is 0 Å². The normalized spacial score (nSPS) is 18.9. The number of carbonyl (C=O) groups is 1. The molecule has 1 aromatic rings. The average molecular weight is 270 g/mol. The lowest BCUT2D eigenvalue weighted by Crippen LogP contribution is -2.40. The van der Waals surface area contributed by atoms with Gasteiger partial charge in [0.1, 0.15) is 5.76 Å². The quantitative estimate of drug-likeness (QED) is 0.789. The lowest BCUT2D eigenvalue weighted by atomic mass is 9.93. The highest BCUT2D eigenvalue weighted by Gasteiger charge is 2.27. The van der Waals surface area contributed by atoms with E-state index in [4.69, 9.17) is 16.0 Å². The zero-order valence-corrected chi connectivity index (χ0v) is 11.7. The third-order valence-corrected chi connectivity index (χ3v) is 4.13. The lowest BCUT2D eigenvalue weighted by Gasteiger charge is -2.33. The van der Waals surface area contributed by atoms with Crippen molar-refractivity contribution in [2.24, 2.45) is 5.92 Å². The molecule has 1 fully saturated rings. The predicted molar refractivity (Wildman–Crippen MR) is 72.0 cm³/mol. The fourth-order valence-electron chi connectivity index (χ4n) is 2.54. The molecule has 1 unspecified atom stereocenters. The third-order valence-electron chi connectivity index (χ3n) is 3.77. The summed E-state index contributed by atoms with van der Waals surface area (Å²) in [4.78, 5) is 14.3. The number of hydrogen-bond donors (Lipinski definition) is 0. The monoisotopic (exact) mass is 269 g/mol. The SMILES string of the molecule is CCc1occc1C(=O)N1CCC(C(C)Cl)CC1. The number of aryl methyl sites for hydroxylation is 1. The first-order valence-corrected chi connectivity index (χ1v) is 7.06. The largest absolute Gasteiger partial charge is 0.469 e. The van der Waals surface area contributed by atoms with Crippen LogP contribution >= 0.6 is 11.6 Å². The van der Waals surface area contributed by atoms with Gasteiger partial charge in [-0.05, 0) is 31.7 Å². The molecule has 100 valence electrons. The third kappa shape index (κ3) is 2.72. The van der Waals surface area contributed by atoms with Gasteiger partial charge in [-0.2, -0.15) is 0 Å². The van der Waals surface area contributed by atoms with Gasteiger partial charge in [0, 0.05) is 24.9 Å². The molecule has 18 heavy (non-hydrogen) atoms. The van der Waals surface area contributed by atoms with Crippen LogP contribution in [-0.4, -0.2) is 29.3 Å². The van der Waals surface area contributed by atoms with Gasteiger partial charge < -0.3 is 9.32 Å². The number of rotatable bonds is 3. The van der Waals surface area contributed by atoms with Crippen molar-refractivity contribution < 1.29 is 9.21 Å². The van der Waals surface area contributed by atoms with Gasteiger partial charge in [0.25, 0.3) is 5.91 Å². The second-order valence-electron chi connectivity index (χ2n) is 4.92. The Kier molecular flexibility index (Phi) is 4.33.